The average Bonchev–Trinajstić information content (AvgIpc) is 2.06. The van der Waals surface area contributed by atoms with Crippen LogP contribution in [0.4, 0.5) is 0 Å². The van der Waals surface area contributed by atoms with Crippen LogP contribution in [-0.2, 0) is 0 Å². The van der Waals surface area contributed by atoms with Gasteiger partial charge in [-0.25, -0.2) is 0 Å². The topological polar surface area (TPSA) is 12.0 Å². The van der Waals surface area contributed by atoms with Crippen LogP contribution in [0.15, 0.2) is 28.7 Å². The molecule has 0 aliphatic carbocycles. The predicted octanol–water partition coefficient (Wildman–Crippen LogP) is 2.77. The molecule has 1 atom stereocenters. The molecular formula is C10H14BrN. The van der Waals surface area contributed by atoms with Crippen molar-refractivity contribution in [2.24, 2.45) is 0 Å². The molecular weight excluding hydrogens is 214 g/mol. The van der Waals surface area contributed by atoms with Gasteiger partial charge in [0.2, 0.25) is 0 Å². The van der Waals surface area contributed by atoms with Gasteiger partial charge in [0.05, 0.1) is 0 Å². The minimum absolute atomic E-state index is 0.586. The third-order valence-corrected chi connectivity index (χ3v) is 2.48. The van der Waals surface area contributed by atoms with Gasteiger partial charge in [-0.05, 0) is 30.7 Å². The van der Waals surface area contributed by atoms with Gasteiger partial charge in [0.25, 0.3) is 0 Å². The highest BCUT2D eigenvalue weighted by Gasteiger charge is 2.02. The Balaban J connectivity index is 2.68. The van der Waals surface area contributed by atoms with Gasteiger partial charge in [-0.1, -0.05) is 35.0 Å². The second kappa shape index (κ2) is 4.63. The molecule has 0 aliphatic heterocycles. The van der Waals surface area contributed by atoms with Crippen LogP contribution in [0.2, 0.25) is 0 Å². The van der Waals surface area contributed by atoms with Gasteiger partial charge in [0.15, 0.2) is 0 Å². The molecule has 0 bridgehead atoms. The zero-order chi connectivity index (χ0) is 8.97. The zero-order valence-electron chi connectivity index (χ0n) is 7.47. The highest BCUT2D eigenvalue weighted by atomic mass is 79.9. The number of rotatable bonds is 3. The van der Waals surface area contributed by atoms with Crippen LogP contribution in [0.25, 0.3) is 0 Å². The molecule has 2 heteroatoms. The molecule has 0 aromatic heterocycles. The molecule has 0 fully saturated rings. The minimum atomic E-state index is 0.586. The first kappa shape index (κ1) is 9.75. The lowest BCUT2D eigenvalue weighted by molar-refractivity contribution is 0.678. The van der Waals surface area contributed by atoms with Crippen molar-refractivity contribution in [2.75, 3.05) is 13.6 Å². The summed E-state index contributed by atoms with van der Waals surface area (Å²) in [5.41, 5.74) is 1.38. The first-order valence-corrected chi connectivity index (χ1v) is 4.93. The fraction of sp³-hybridized carbons (Fsp3) is 0.400. The third-order valence-electron chi connectivity index (χ3n) is 1.95. The van der Waals surface area contributed by atoms with Crippen LogP contribution in [0.5, 0.6) is 0 Å². The largest absolute Gasteiger partial charge is 0.319 e. The number of halogens is 1. The molecule has 1 nitrogen and oxygen atoms in total. The summed E-state index contributed by atoms with van der Waals surface area (Å²) in [5.74, 6) is 0.586. The van der Waals surface area contributed by atoms with Crippen molar-refractivity contribution < 1.29 is 0 Å². The molecule has 0 amide bonds. The SMILES string of the molecule is CNCC(C)c1ccc(Br)cc1. The molecule has 1 aromatic carbocycles. The summed E-state index contributed by atoms with van der Waals surface area (Å²) in [6, 6.07) is 8.49. The first-order valence-electron chi connectivity index (χ1n) is 4.14. The smallest absolute Gasteiger partial charge is 0.0175 e. The summed E-state index contributed by atoms with van der Waals surface area (Å²) >= 11 is 3.42. The Morgan fingerprint density at radius 3 is 2.42 bits per heavy atom. The molecule has 0 radical (unpaired) electrons. The van der Waals surface area contributed by atoms with E-state index >= 15 is 0 Å². The molecule has 12 heavy (non-hydrogen) atoms. The number of hydrogen-bond donors (Lipinski definition) is 1. The summed E-state index contributed by atoms with van der Waals surface area (Å²) in [6.45, 7) is 3.25. The van der Waals surface area contributed by atoms with Crippen molar-refractivity contribution in [3.8, 4) is 0 Å². The number of likely N-dealkylation sites (N-methyl/N-ethyl adjacent to an activating group) is 1. The molecule has 1 aromatic rings. The Morgan fingerprint density at radius 2 is 1.92 bits per heavy atom. The van der Waals surface area contributed by atoms with Crippen LogP contribution < -0.4 is 5.32 Å². The Morgan fingerprint density at radius 1 is 1.33 bits per heavy atom. The summed E-state index contributed by atoms with van der Waals surface area (Å²) in [6.07, 6.45) is 0. The first-order chi connectivity index (χ1) is 5.74. The molecule has 0 saturated heterocycles. The Hall–Kier alpha value is -0.340. The van der Waals surface area contributed by atoms with E-state index in [2.05, 4.69) is 52.4 Å². The van der Waals surface area contributed by atoms with E-state index in [4.69, 9.17) is 0 Å². The number of nitrogens with one attached hydrogen (secondary N) is 1. The Kier molecular flexibility index (Phi) is 3.76. The standard InChI is InChI=1S/C10H14BrN/c1-8(7-12-2)9-3-5-10(11)6-4-9/h3-6,8,12H,7H2,1-2H3. The van der Waals surface area contributed by atoms with Gasteiger partial charge >= 0.3 is 0 Å². The molecule has 0 aliphatic rings. The van der Waals surface area contributed by atoms with Gasteiger partial charge in [0, 0.05) is 11.0 Å². The fourth-order valence-corrected chi connectivity index (χ4v) is 1.48. The van der Waals surface area contributed by atoms with Gasteiger partial charge in [0.1, 0.15) is 0 Å². The summed E-state index contributed by atoms with van der Waals surface area (Å²) in [4.78, 5) is 0. The van der Waals surface area contributed by atoms with E-state index in [0.717, 1.165) is 11.0 Å². The van der Waals surface area contributed by atoms with Crippen molar-refractivity contribution in [1.29, 1.82) is 0 Å². The lowest BCUT2D eigenvalue weighted by Crippen LogP contribution is -2.14. The molecule has 66 valence electrons. The summed E-state index contributed by atoms with van der Waals surface area (Å²) in [5, 5.41) is 3.17. The van der Waals surface area contributed by atoms with Gasteiger partial charge in [-0.15, -0.1) is 0 Å². The zero-order valence-corrected chi connectivity index (χ0v) is 9.06. The van der Waals surface area contributed by atoms with Crippen LogP contribution in [0.1, 0.15) is 18.4 Å². The van der Waals surface area contributed by atoms with E-state index in [-0.39, 0.29) is 0 Å². The van der Waals surface area contributed by atoms with E-state index in [9.17, 15) is 0 Å². The monoisotopic (exact) mass is 227 g/mol. The Bertz CT molecular complexity index is 230. The highest BCUT2D eigenvalue weighted by molar-refractivity contribution is 9.10. The van der Waals surface area contributed by atoms with E-state index < -0.39 is 0 Å². The lowest BCUT2D eigenvalue weighted by atomic mass is 10.0. The maximum atomic E-state index is 3.42. The molecule has 0 heterocycles. The molecule has 1 rings (SSSR count). The normalized spacial score (nSPS) is 12.9. The summed E-state index contributed by atoms with van der Waals surface area (Å²) < 4.78 is 1.14. The minimum Gasteiger partial charge on any atom is -0.319 e. The second-order valence-electron chi connectivity index (χ2n) is 3.01. The maximum absolute atomic E-state index is 3.42. The van der Waals surface area contributed by atoms with Crippen molar-refractivity contribution in [2.45, 2.75) is 12.8 Å². The predicted molar refractivity (Wildman–Crippen MR) is 56.5 cm³/mol. The van der Waals surface area contributed by atoms with Crippen LogP contribution >= 0.6 is 15.9 Å². The van der Waals surface area contributed by atoms with Crippen LogP contribution in [-0.4, -0.2) is 13.6 Å². The average molecular weight is 228 g/mol. The quantitative estimate of drug-likeness (QED) is 0.838. The fourth-order valence-electron chi connectivity index (χ4n) is 1.22. The van der Waals surface area contributed by atoms with Gasteiger partial charge in [-0.2, -0.15) is 0 Å². The van der Waals surface area contributed by atoms with E-state index in [1.54, 1.807) is 0 Å². The second-order valence-corrected chi connectivity index (χ2v) is 3.93. The van der Waals surface area contributed by atoms with Gasteiger partial charge in [-0.3, -0.25) is 0 Å². The molecule has 0 spiro atoms. The van der Waals surface area contributed by atoms with E-state index in [1.165, 1.54) is 5.56 Å². The number of hydrogen-bond acceptors (Lipinski definition) is 1. The highest BCUT2D eigenvalue weighted by Crippen LogP contribution is 2.17. The van der Waals surface area contributed by atoms with Crippen molar-refractivity contribution in [3.05, 3.63) is 34.3 Å². The van der Waals surface area contributed by atoms with Crippen molar-refractivity contribution in [3.63, 3.8) is 0 Å². The molecule has 1 unspecified atom stereocenters. The molecule has 1 N–H and O–H groups in total. The summed E-state index contributed by atoms with van der Waals surface area (Å²) in [7, 11) is 1.98. The number of benzene rings is 1. The Labute approximate surface area is 82.3 Å². The molecule has 0 saturated carbocycles. The van der Waals surface area contributed by atoms with E-state index in [1.807, 2.05) is 7.05 Å². The maximum Gasteiger partial charge on any atom is 0.0175 e. The van der Waals surface area contributed by atoms with Gasteiger partial charge < -0.3 is 5.32 Å². The van der Waals surface area contributed by atoms with Crippen LogP contribution in [0, 0.1) is 0 Å². The van der Waals surface area contributed by atoms with Crippen molar-refractivity contribution >= 4 is 15.9 Å². The van der Waals surface area contributed by atoms with Crippen LogP contribution in [0.3, 0.4) is 0 Å². The van der Waals surface area contributed by atoms with Crippen molar-refractivity contribution in [1.82, 2.24) is 5.32 Å². The third kappa shape index (κ3) is 2.61. The van der Waals surface area contributed by atoms with E-state index in [0.29, 0.717) is 5.92 Å². The lowest BCUT2D eigenvalue weighted by Gasteiger charge is -2.10.